The van der Waals surface area contributed by atoms with E-state index < -0.39 is 21.7 Å². The highest BCUT2D eigenvalue weighted by Gasteiger charge is 2.30. The largest absolute Gasteiger partial charge is 0.351 e. The van der Waals surface area contributed by atoms with Gasteiger partial charge in [0.15, 0.2) is 0 Å². The summed E-state index contributed by atoms with van der Waals surface area (Å²) in [7, 11) is -0.574. The minimum atomic E-state index is -3.45. The molecule has 0 aromatic carbocycles. The van der Waals surface area contributed by atoms with Gasteiger partial charge in [0.05, 0.1) is 0 Å². The molecule has 19 heavy (non-hydrogen) atoms. The van der Waals surface area contributed by atoms with Gasteiger partial charge in [-0.15, -0.1) is 0 Å². The minimum absolute atomic E-state index is 0.101. The zero-order valence-corrected chi connectivity index (χ0v) is 12.4. The van der Waals surface area contributed by atoms with Gasteiger partial charge in [-0.05, 0) is 25.2 Å². The van der Waals surface area contributed by atoms with E-state index in [0.29, 0.717) is 0 Å². The molecule has 0 aromatic heterocycles. The summed E-state index contributed by atoms with van der Waals surface area (Å²) in [5.41, 5.74) is 0. The maximum atomic E-state index is 11.7. The lowest BCUT2D eigenvalue weighted by Crippen LogP contribution is -2.42. The summed E-state index contributed by atoms with van der Waals surface area (Å²) >= 11 is 0. The van der Waals surface area contributed by atoms with E-state index in [-0.39, 0.29) is 6.04 Å². The van der Waals surface area contributed by atoms with Crippen LogP contribution in [0.25, 0.3) is 0 Å². The molecule has 1 N–H and O–H groups in total. The first-order chi connectivity index (χ1) is 8.87. The number of carbonyl (C=O) groups excluding carboxylic acids is 1. The van der Waals surface area contributed by atoms with Crippen LogP contribution >= 0.6 is 0 Å². The molecule has 0 bridgehead atoms. The molecule has 1 heterocycles. The third-order valence-corrected chi connectivity index (χ3v) is 5.46. The molecule has 1 saturated carbocycles. The standard InChI is InChI=1S/C12H23N3O3S/c1-14(2)19(17,18)9-12(16)13-11-5-6-15(8-11)7-10-3-4-10/h10-11H,3-9H2,1-2H3,(H,13,16)/t11-/m0/s1. The van der Waals surface area contributed by atoms with Crippen molar-refractivity contribution in [3.63, 3.8) is 0 Å². The molecule has 6 nitrogen and oxygen atoms in total. The maximum Gasteiger partial charge on any atom is 0.236 e. The van der Waals surface area contributed by atoms with Gasteiger partial charge >= 0.3 is 0 Å². The molecule has 110 valence electrons. The Morgan fingerprint density at radius 2 is 2.00 bits per heavy atom. The predicted molar refractivity (Wildman–Crippen MR) is 73.2 cm³/mol. The Morgan fingerprint density at radius 1 is 1.32 bits per heavy atom. The quantitative estimate of drug-likeness (QED) is 0.714. The van der Waals surface area contributed by atoms with Crippen LogP contribution in [0.2, 0.25) is 0 Å². The zero-order valence-electron chi connectivity index (χ0n) is 11.6. The highest BCUT2D eigenvalue weighted by Crippen LogP contribution is 2.30. The Kier molecular flexibility index (Phi) is 4.47. The predicted octanol–water partition coefficient (Wildman–Crippen LogP) is -0.522. The molecule has 2 rings (SSSR count). The number of amides is 1. The van der Waals surface area contributed by atoms with Gasteiger partial charge < -0.3 is 10.2 Å². The molecule has 2 aliphatic rings. The van der Waals surface area contributed by atoms with Crippen molar-refractivity contribution < 1.29 is 13.2 Å². The van der Waals surface area contributed by atoms with Crippen LogP contribution in [0.5, 0.6) is 0 Å². The van der Waals surface area contributed by atoms with Crippen molar-refractivity contribution in [1.82, 2.24) is 14.5 Å². The molecule has 2 fully saturated rings. The van der Waals surface area contributed by atoms with E-state index in [0.717, 1.165) is 36.3 Å². The van der Waals surface area contributed by atoms with E-state index >= 15 is 0 Å². The van der Waals surface area contributed by atoms with E-state index in [9.17, 15) is 13.2 Å². The summed E-state index contributed by atoms with van der Waals surface area (Å²) in [5, 5.41) is 2.83. The monoisotopic (exact) mass is 289 g/mol. The summed E-state index contributed by atoms with van der Waals surface area (Å²) in [5.74, 6) is -0.00500. The van der Waals surface area contributed by atoms with Crippen LogP contribution in [0, 0.1) is 5.92 Å². The Labute approximate surface area is 115 Å². The maximum absolute atomic E-state index is 11.7. The zero-order chi connectivity index (χ0) is 14.0. The first-order valence-electron chi connectivity index (χ1n) is 6.79. The van der Waals surface area contributed by atoms with Crippen molar-refractivity contribution >= 4 is 15.9 Å². The number of nitrogens with zero attached hydrogens (tertiary/aromatic N) is 2. The highest BCUT2D eigenvalue weighted by atomic mass is 32.2. The molecule has 0 unspecified atom stereocenters. The fourth-order valence-electron chi connectivity index (χ4n) is 2.35. The first kappa shape index (κ1) is 14.7. The van der Waals surface area contributed by atoms with Crippen LogP contribution < -0.4 is 5.32 Å². The average Bonchev–Trinajstić information content (AvgIpc) is 2.98. The van der Waals surface area contributed by atoms with Crippen molar-refractivity contribution in [3.8, 4) is 0 Å². The van der Waals surface area contributed by atoms with Gasteiger partial charge in [-0.3, -0.25) is 4.79 Å². The second-order valence-electron chi connectivity index (χ2n) is 5.79. The second kappa shape index (κ2) is 5.76. The van der Waals surface area contributed by atoms with Gasteiger partial charge in [0.1, 0.15) is 5.75 Å². The molecular weight excluding hydrogens is 266 g/mol. The summed E-state index contributed by atoms with van der Waals surface area (Å²) in [6.07, 6.45) is 3.57. The van der Waals surface area contributed by atoms with Crippen molar-refractivity contribution in [2.75, 3.05) is 39.5 Å². The molecule has 0 radical (unpaired) electrons. The van der Waals surface area contributed by atoms with Crippen LogP contribution in [-0.4, -0.2) is 69.1 Å². The summed E-state index contributed by atoms with van der Waals surface area (Å²) in [6.45, 7) is 2.98. The molecular formula is C12H23N3O3S. The number of hydrogen-bond acceptors (Lipinski definition) is 4. The van der Waals surface area contributed by atoms with Gasteiger partial charge in [-0.1, -0.05) is 0 Å². The Bertz CT molecular complexity index is 432. The van der Waals surface area contributed by atoms with Crippen LogP contribution in [0.3, 0.4) is 0 Å². The normalized spacial score (nSPS) is 24.9. The van der Waals surface area contributed by atoms with Crippen molar-refractivity contribution in [1.29, 1.82) is 0 Å². The third-order valence-electron chi connectivity index (χ3n) is 3.72. The van der Waals surface area contributed by atoms with Gasteiger partial charge in [0.2, 0.25) is 15.9 Å². The van der Waals surface area contributed by atoms with Gasteiger partial charge in [-0.25, -0.2) is 12.7 Å². The number of rotatable bonds is 6. The van der Waals surface area contributed by atoms with Crippen LogP contribution in [0.1, 0.15) is 19.3 Å². The summed E-state index contributed by atoms with van der Waals surface area (Å²) in [4.78, 5) is 14.1. The molecule has 0 spiro atoms. The Balaban J connectivity index is 1.74. The first-order valence-corrected chi connectivity index (χ1v) is 8.39. The second-order valence-corrected chi connectivity index (χ2v) is 7.98. The lowest BCUT2D eigenvalue weighted by atomic mass is 10.2. The average molecular weight is 289 g/mol. The number of hydrogen-bond donors (Lipinski definition) is 1. The fourth-order valence-corrected chi connectivity index (χ4v) is 3.02. The molecule has 1 saturated heterocycles. The summed E-state index contributed by atoms with van der Waals surface area (Å²) in [6, 6.07) is 0.101. The molecule has 1 atom stereocenters. The van der Waals surface area contributed by atoms with Crippen molar-refractivity contribution in [2.45, 2.75) is 25.3 Å². The number of nitrogens with one attached hydrogen (secondary N) is 1. The topological polar surface area (TPSA) is 69.7 Å². The Morgan fingerprint density at radius 3 is 2.58 bits per heavy atom. The number of sulfonamides is 1. The van der Waals surface area contributed by atoms with Crippen LogP contribution in [0.15, 0.2) is 0 Å². The molecule has 1 aliphatic heterocycles. The van der Waals surface area contributed by atoms with Crippen LogP contribution in [-0.2, 0) is 14.8 Å². The third kappa shape index (κ3) is 4.43. The van der Waals surface area contributed by atoms with E-state index in [2.05, 4.69) is 10.2 Å². The van der Waals surface area contributed by atoms with E-state index in [1.165, 1.54) is 26.9 Å². The highest BCUT2D eigenvalue weighted by molar-refractivity contribution is 7.89. The number of likely N-dealkylation sites (tertiary alicyclic amines) is 1. The van der Waals surface area contributed by atoms with E-state index in [1.807, 2.05) is 0 Å². The van der Waals surface area contributed by atoms with Crippen molar-refractivity contribution in [3.05, 3.63) is 0 Å². The molecule has 1 aliphatic carbocycles. The molecule has 0 aromatic rings. The fraction of sp³-hybridized carbons (Fsp3) is 0.917. The smallest absolute Gasteiger partial charge is 0.236 e. The van der Waals surface area contributed by atoms with E-state index in [1.54, 1.807) is 0 Å². The van der Waals surface area contributed by atoms with Crippen LogP contribution in [0.4, 0.5) is 0 Å². The minimum Gasteiger partial charge on any atom is -0.351 e. The lowest BCUT2D eigenvalue weighted by Gasteiger charge is -2.17. The Hall–Kier alpha value is -0.660. The van der Waals surface area contributed by atoms with Gasteiger partial charge in [0, 0.05) is 39.8 Å². The SMILES string of the molecule is CN(C)S(=O)(=O)CC(=O)N[C@H]1CCN(CC2CC2)C1. The van der Waals surface area contributed by atoms with E-state index in [4.69, 9.17) is 0 Å². The molecule has 7 heteroatoms. The van der Waals surface area contributed by atoms with Crippen molar-refractivity contribution in [2.24, 2.45) is 5.92 Å². The van der Waals surface area contributed by atoms with Gasteiger partial charge in [0.25, 0.3) is 0 Å². The summed E-state index contributed by atoms with van der Waals surface area (Å²) < 4.78 is 24.3. The molecule has 1 amide bonds. The number of carbonyl (C=O) groups is 1. The van der Waals surface area contributed by atoms with Gasteiger partial charge in [-0.2, -0.15) is 0 Å². The lowest BCUT2D eigenvalue weighted by molar-refractivity contribution is -0.119.